The van der Waals surface area contributed by atoms with E-state index in [1.807, 2.05) is 26.8 Å². The van der Waals surface area contributed by atoms with E-state index in [1.165, 1.54) is 0 Å². The number of aromatic nitrogens is 2. The zero-order chi connectivity index (χ0) is 12.8. The number of carbonyl (C=O) groups excluding carboxylic acids is 1. The Morgan fingerprint density at radius 2 is 2.29 bits per heavy atom. The van der Waals surface area contributed by atoms with Gasteiger partial charge in [0.05, 0.1) is 12.2 Å². The second-order valence-electron chi connectivity index (χ2n) is 3.92. The second-order valence-corrected chi connectivity index (χ2v) is 3.92. The van der Waals surface area contributed by atoms with Crippen molar-refractivity contribution >= 4 is 5.91 Å². The first-order valence-corrected chi connectivity index (χ1v) is 5.91. The van der Waals surface area contributed by atoms with Crippen LogP contribution in [0, 0.1) is 19.3 Å². The Morgan fingerprint density at radius 1 is 1.59 bits per heavy atom. The first kappa shape index (κ1) is 13.3. The fourth-order valence-corrected chi connectivity index (χ4v) is 1.75. The molecule has 1 aromatic heterocycles. The lowest BCUT2D eigenvalue weighted by molar-refractivity contribution is 0.0764. The van der Waals surface area contributed by atoms with Gasteiger partial charge in [-0.05, 0) is 26.3 Å². The molecule has 0 saturated heterocycles. The first-order valence-electron chi connectivity index (χ1n) is 5.91. The number of hydrogen-bond acceptors (Lipinski definition) is 2. The third-order valence-electron chi connectivity index (χ3n) is 2.48. The normalized spacial score (nSPS) is 10.0. The van der Waals surface area contributed by atoms with Crippen molar-refractivity contribution in [2.45, 2.75) is 33.7 Å². The summed E-state index contributed by atoms with van der Waals surface area (Å²) in [4.78, 5) is 14.0. The van der Waals surface area contributed by atoms with Gasteiger partial charge in [0.2, 0.25) is 0 Å². The molecule has 92 valence electrons. The summed E-state index contributed by atoms with van der Waals surface area (Å²) >= 11 is 0. The number of terminal acetylenes is 1. The van der Waals surface area contributed by atoms with E-state index in [0.717, 1.165) is 12.1 Å². The smallest absolute Gasteiger partial charge is 0.272 e. The van der Waals surface area contributed by atoms with Gasteiger partial charge in [-0.1, -0.05) is 12.8 Å². The van der Waals surface area contributed by atoms with Gasteiger partial charge in [0.25, 0.3) is 5.91 Å². The summed E-state index contributed by atoms with van der Waals surface area (Å²) in [5, 5.41) is 4.27. The molecule has 0 saturated carbocycles. The average Bonchev–Trinajstić information content (AvgIpc) is 2.69. The van der Waals surface area contributed by atoms with Gasteiger partial charge < -0.3 is 4.90 Å². The number of carbonyl (C=O) groups is 1. The standard InChI is InChI=1S/C13H19N3O/c1-5-8-15(9-6-2)13(17)12-10-11(4)14-16(12)7-3/h1,10H,6-9H2,2-4H3. The molecule has 0 radical (unpaired) electrons. The Morgan fingerprint density at radius 3 is 2.82 bits per heavy atom. The molecule has 0 N–H and O–H groups in total. The molecule has 0 unspecified atom stereocenters. The summed E-state index contributed by atoms with van der Waals surface area (Å²) in [6.45, 7) is 7.59. The Kier molecular flexibility index (Phi) is 4.77. The lowest BCUT2D eigenvalue weighted by Crippen LogP contribution is -2.33. The highest BCUT2D eigenvalue weighted by atomic mass is 16.2. The van der Waals surface area contributed by atoms with Crippen molar-refractivity contribution in [2.24, 2.45) is 0 Å². The molecule has 0 fully saturated rings. The van der Waals surface area contributed by atoms with Gasteiger partial charge in [0.1, 0.15) is 5.69 Å². The maximum absolute atomic E-state index is 12.3. The summed E-state index contributed by atoms with van der Waals surface area (Å²) in [7, 11) is 0. The Hall–Kier alpha value is -1.76. The largest absolute Gasteiger partial charge is 0.326 e. The van der Waals surface area contributed by atoms with Gasteiger partial charge in [0, 0.05) is 13.1 Å². The molecule has 17 heavy (non-hydrogen) atoms. The molecular weight excluding hydrogens is 214 g/mol. The predicted molar refractivity (Wildman–Crippen MR) is 67.7 cm³/mol. The van der Waals surface area contributed by atoms with E-state index in [4.69, 9.17) is 6.42 Å². The Balaban J connectivity index is 2.96. The van der Waals surface area contributed by atoms with Crippen molar-refractivity contribution in [3.8, 4) is 12.3 Å². The van der Waals surface area contributed by atoms with Crippen LogP contribution in [0.1, 0.15) is 36.5 Å². The molecule has 0 aliphatic carbocycles. The Bertz CT molecular complexity index is 428. The van der Waals surface area contributed by atoms with Crippen molar-refractivity contribution in [1.29, 1.82) is 0 Å². The van der Waals surface area contributed by atoms with Crippen LogP contribution in [0.15, 0.2) is 6.07 Å². The van der Waals surface area contributed by atoms with Crippen LogP contribution in [0.5, 0.6) is 0 Å². The fraction of sp³-hybridized carbons (Fsp3) is 0.538. The van der Waals surface area contributed by atoms with Crippen LogP contribution in [0.2, 0.25) is 0 Å². The topological polar surface area (TPSA) is 38.1 Å². The fourth-order valence-electron chi connectivity index (χ4n) is 1.75. The number of amides is 1. The monoisotopic (exact) mass is 233 g/mol. The van der Waals surface area contributed by atoms with Crippen molar-refractivity contribution < 1.29 is 4.79 Å². The van der Waals surface area contributed by atoms with Gasteiger partial charge in [-0.15, -0.1) is 6.42 Å². The minimum Gasteiger partial charge on any atom is -0.326 e. The van der Waals surface area contributed by atoms with Gasteiger partial charge in [-0.2, -0.15) is 5.10 Å². The van der Waals surface area contributed by atoms with Crippen molar-refractivity contribution in [1.82, 2.24) is 14.7 Å². The maximum Gasteiger partial charge on any atom is 0.272 e. The van der Waals surface area contributed by atoms with E-state index < -0.39 is 0 Å². The van der Waals surface area contributed by atoms with Crippen LogP contribution in [-0.2, 0) is 6.54 Å². The minimum atomic E-state index is -0.0350. The number of hydrogen-bond donors (Lipinski definition) is 0. The van der Waals surface area contributed by atoms with Crippen LogP contribution in [0.25, 0.3) is 0 Å². The predicted octanol–water partition coefficient (Wildman–Crippen LogP) is 1.70. The van der Waals surface area contributed by atoms with Crippen LogP contribution in [0.4, 0.5) is 0 Å². The molecule has 1 heterocycles. The number of rotatable bonds is 5. The third-order valence-corrected chi connectivity index (χ3v) is 2.48. The van der Waals surface area contributed by atoms with E-state index in [-0.39, 0.29) is 5.91 Å². The summed E-state index contributed by atoms with van der Waals surface area (Å²) < 4.78 is 1.72. The molecule has 4 nitrogen and oxygen atoms in total. The average molecular weight is 233 g/mol. The van der Waals surface area contributed by atoms with Crippen LogP contribution < -0.4 is 0 Å². The summed E-state index contributed by atoms with van der Waals surface area (Å²) in [6, 6.07) is 1.81. The lowest BCUT2D eigenvalue weighted by atomic mass is 10.3. The summed E-state index contributed by atoms with van der Waals surface area (Å²) in [6.07, 6.45) is 6.18. The first-order chi connectivity index (χ1) is 8.13. The van der Waals surface area contributed by atoms with Crippen LogP contribution in [-0.4, -0.2) is 33.7 Å². The van der Waals surface area contributed by atoms with Crippen molar-refractivity contribution in [3.63, 3.8) is 0 Å². The molecule has 0 aliphatic rings. The zero-order valence-corrected chi connectivity index (χ0v) is 10.7. The van der Waals surface area contributed by atoms with Crippen molar-refractivity contribution in [2.75, 3.05) is 13.1 Å². The quantitative estimate of drug-likeness (QED) is 0.726. The molecular formula is C13H19N3O. The zero-order valence-electron chi connectivity index (χ0n) is 10.7. The van der Waals surface area contributed by atoms with Gasteiger partial charge in [-0.25, -0.2) is 0 Å². The molecule has 0 atom stereocenters. The third kappa shape index (κ3) is 3.10. The van der Waals surface area contributed by atoms with Gasteiger partial charge in [-0.3, -0.25) is 9.48 Å². The highest BCUT2D eigenvalue weighted by molar-refractivity contribution is 5.92. The SMILES string of the molecule is C#CCN(CCC)C(=O)c1cc(C)nn1CC. The molecule has 0 aliphatic heterocycles. The van der Waals surface area contributed by atoms with E-state index in [2.05, 4.69) is 11.0 Å². The number of nitrogens with zero attached hydrogens (tertiary/aromatic N) is 3. The second kappa shape index (κ2) is 6.09. The summed E-state index contributed by atoms with van der Waals surface area (Å²) in [5.74, 6) is 2.49. The highest BCUT2D eigenvalue weighted by Gasteiger charge is 2.18. The minimum absolute atomic E-state index is 0.0350. The molecule has 1 rings (SSSR count). The maximum atomic E-state index is 12.3. The number of aryl methyl sites for hydroxylation is 2. The highest BCUT2D eigenvalue weighted by Crippen LogP contribution is 2.08. The lowest BCUT2D eigenvalue weighted by Gasteiger charge is -2.19. The van der Waals surface area contributed by atoms with Gasteiger partial charge >= 0.3 is 0 Å². The molecule has 0 aromatic carbocycles. The summed E-state index contributed by atoms with van der Waals surface area (Å²) in [5.41, 5.74) is 1.47. The van der Waals surface area contributed by atoms with Gasteiger partial charge in [0.15, 0.2) is 0 Å². The molecule has 0 spiro atoms. The van der Waals surface area contributed by atoms with Crippen LogP contribution in [0.3, 0.4) is 0 Å². The van der Waals surface area contributed by atoms with E-state index in [0.29, 0.717) is 25.3 Å². The Labute approximate surface area is 103 Å². The van der Waals surface area contributed by atoms with Crippen LogP contribution >= 0.6 is 0 Å². The molecule has 4 heteroatoms. The van der Waals surface area contributed by atoms with E-state index in [1.54, 1.807) is 9.58 Å². The molecule has 0 bridgehead atoms. The molecule has 1 aromatic rings. The molecule has 1 amide bonds. The van der Waals surface area contributed by atoms with E-state index >= 15 is 0 Å². The van der Waals surface area contributed by atoms with E-state index in [9.17, 15) is 4.79 Å². The van der Waals surface area contributed by atoms with Crippen molar-refractivity contribution in [3.05, 3.63) is 17.5 Å².